The maximum absolute atomic E-state index is 11.8. The van der Waals surface area contributed by atoms with E-state index in [2.05, 4.69) is 14.9 Å². The van der Waals surface area contributed by atoms with E-state index in [9.17, 15) is 9.90 Å². The molecule has 1 aliphatic rings. The van der Waals surface area contributed by atoms with Crippen LogP contribution in [0.2, 0.25) is 0 Å². The molecule has 1 aromatic carbocycles. The van der Waals surface area contributed by atoms with Crippen LogP contribution in [-0.2, 0) is 6.54 Å². The monoisotopic (exact) mass is 339 g/mol. The molecule has 4 rings (SSSR count). The molecule has 1 saturated heterocycles. The number of phenolic OH excluding ortho intramolecular Hbond substituents is 1. The molecule has 0 saturated carbocycles. The molecule has 0 unspecified atom stereocenters. The van der Waals surface area contributed by atoms with E-state index >= 15 is 0 Å². The summed E-state index contributed by atoms with van der Waals surface area (Å²) < 4.78 is 5.20. The number of piperazine rings is 1. The Hall–Kier alpha value is -2.93. The van der Waals surface area contributed by atoms with Gasteiger partial charge < -0.3 is 19.3 Å². The summed E-state index contributed by atoms with van der Waals surface area (Å²) in [6.45, 7) is 4.38. The largest absolute Gasteiger partial charge is 0.508 e. The summed E-state index contributed by atoms with van der Waals surface area (Å²) >= 11 is 0. The standard InChI is InChI=1S/C18H18N4O3/c23-14-2-3-15-13(10-17(24)25-16(15)11-14)12-21-6-8-22(9-7-21)18-19-4-1-5-20-18/h1-5,10-11,23H,6-9,12H2/p+1. The van der Waals surface area contributed by atoms with Crippen LogP contribution in [0, 0.1) is 0 Å². The average Bonchev–Trinajstić information content (AvgIpc) is 2.62. The molecular weight excluding hydrogens is 320 g/mol. The van der Waals surface area contributed by atoms with Crippen molar-refractivity contribution in [3.8, 4) is 5.75 Å². The molecule has 0 spiro atoms. The first-order valence-corrected chi connectivity index (χ1v) is 8.30. The molecule has 0 atom stereocenters. The lowest BCUT2D eigenvalue weighted by Crippen LogP contribution is -3.13. The molecule has 7 nitrogen and oxygen atoms in total. The van der Waals surface area contributed by atoms with Crippen molar-refractivity contribution < 1.29 is 14.4 Å². The van der Waals surface area contributed by atoms with Gasteiger partial charge >= 0.3 is 5.63 Å². The first-order valence-electron chi connectivity index (χ1n) is 8.30. The van der Waals surface area contributed by atoms with Crippen LogP contribution in [0.15, 0.2) is 51.9 Å². The molecule has 3 heterocycles. The second-order valence-electron chi connectivity index (χ2n) is 6.23. The normalized spacial score (nSPS) is 15.6. The van der Waals surface area contributed by atoms with Crippen LogP contribution < -0.4 is 15.4 Å². The highest BCUT2D eigenvalue weighted by atomic mass is 16.4. The summed E-state index contributed by atoms with van der Waals surface area (Å²) in [7, 11) is 0. The highest BCUT2D eigenvalue weighted by molar-refractivity contribution is 5.81. The van der Waals surface area contributed by atoms with Crippen LogP contribution >= 0.6 is 0 Å². The molecule has 0 radical (unpaired) electrons. The first kappa shape index (κ1) is 15.6. The number of nitrogens with one attached hydrogen (secondary N) is 1. The Labute approximate surface area is 144 Å². The molecule has 2 N–H and O–H groups in total. The number of hydrogen-bond acceptors (Lipinski definition) is 6. The van der Waals surface area contributed by atoms with Gasteiger partial charge in [0.2, 0.25) is 5.95 Å². The van der Waals surface area contributed by atoms with Gasteiger partial charge in [-0.25, -0.2) is 14.8 Å². The van der Waals surface area contributed by atoms with Gasteiger partial charge in [-0.05, 0) is 18.2 Å². The SMILES string of the molecule is O=c1cc(C[NH+]2CCN(c3ncccn3)CC2)c2ccc(O)cc2o1. The van der Waals surface area contributed by atoms with Gasteiger partial charge in [0, 0.05) is 35.5 Å². The number of rotatable bonds is 3. The fourth-order valence-electron chi connectivity index (χ4n) is 3.29. The third-order valence-electron chi connectivity index (χ3n) is 4.56. The number of phenols is 1. The minimum Gasteiger partial charge on any atom is -0.508 e. The number of hydrogen-bond donors (Lipinski definition) is 2. The van der Waals surface area contributed by atoms with E-state index in [1.807, 2.05) is 6.07 Å². The van der Waals surface area contributed by atoms with E-state index in [4.69, 9.17) is 4.42 Å². The predicted molar refractivity (Wildman–Crippen MR) is 92.8 cm³/mol. The molecule has 2 aromatic heterocycles. The molecule has 25 heavy (non-hydrogen) atoms. The van der Waals surface area contributed by atoms with E-state index in [-0.39, 0.29) is 11.4 Å². The molecule has 0 bridgehead atoms. The zero-order chi connectivity index (χ0) is 17.2. The minimum atomic E-state index is -0.385. The van der Waals surface area contributed by atoms with Crippen LogP contribution in [-0.4, -0.2) is 41.3 Å². The number of aromatic hydroxyl groups is 1. The molecule has 3 aromatic rings. The summed E-state index contributed by atoms with van der Waals surface area (Å²) in [5, 5.41) is 10.5. The van der Waals surface area contributed by atoms with E-state index in [0.717, 1.165) is 49.6 Å². The van der Waals surface area contributed by atoms with Gasteiger partial charge in [-0.1, -0.05) is 0 Å². The molecule has 1 fully saturated rings. The Morgan fingerprint density at radius 3 is 2.68 bits per heavy atom. The predicted octanol–water partition coefficient (Wildman–Crippen LogP) is 0.194. The second kappa shape index (κ2) is 6.52. The fraction of sp³-hybridized carbons (Fsp3) is 0.278. The quantitative estimate of drug-likeness (QED) is 0.663. The van der Waals surface area contributed by atoms with Crippen molar-refractivity contribution in [1.82, 2.24) is 9.97 Å². The highest BCUT2D eigenvalue weighted by Gasteiger charge is 2.22. The van der Waals surface area contributed by atoms with Crippen molar-refractivity contribution in [2.24, 2.45) is 0 Å². The molecule has 128 valence electrons. The summed E-state index contributed by atoms with van der Waals surface area (Å²) in [5.41, 5.74) is 0.993. The van der Waals surface area contributed by atoms with Gasteiger partial charge in [0.25, 0.3) is 0 Å². The van der Waals surface area contributed by atoms with Crippen LogP contribution in [0.1, 0.15) is 5.56 Å². The Balaban J connectivity index is 1.50. The fourth-order valence-corrected chi connectivity index (χ4v) is 3.29. The van der Waals surface area contributed by atoms with Crippen LogP contribution in [0.5, 0.6) is 5.75 Å². The van der Waals surface area contributed by atoms with Gasteiger partial charge in [0.15, 0.2) is 0 Å². The van der Waals surface area contributed by atoms with Crippen molar-refractivity contribution in [2.75, 3.05) is 31.1 Å². The number of anilines is 1. The zero-order valence-electron chi connectivity index (χ0n) is 13.7. The zero-order valence-corrected chi connectivity index (χ0v) is 13.7. The van der Waals surface area contributed by atoms with Crippen LogP contribution in [0.25, 0.3) is 11.0 Å². The summed E-state index contributed by atoms with van der Waals surface area (Å²) in [6, 6.07) is 8.27. The highest BCUT2D eigenvalue weighted by Crippen LogP contribution is 2.21. The first-order chi connectivity index (χ1) is 12.2. The Morgan fingerprint density at radius 2 is 1.92 bits per heavy atom. The number of nitrogens with zero attached hydrogens (tertiary/aromatic N) is 3. The Bertz CT molecular complexity index is 934. The number of aromatic nitrogens is 2. The van der Waals surface area contributed by atoms with Gasteiger partial charge in [0.05, 0.1) is 26.2 Å². The van der Waals surface area contributed by atoms with Crippen LogP contribution in [0.3, 0.4) is 0 Å². The number of quaternary nitrogens is 1. The van der Waals surface area contributed by atoms with Crippen molar-refractivity contribution in [3.05, 3.63) is 58.7 Å². The molecular formula is C18H19N4O3+. The summed E-state index contributed by atoms with van der Waals surface area (Å²) in [6.07, 6.45) is 3.51. The van der Waals surface area contributed by atoms with Gasteiger partial charge in [-0.15, -0.1) is 0 Å². The van der Waals surface area contributed by atoms with Crippen molar-refractivity contribution in [1.29, 1.82) is 0 Å². The average molecular weight is 339 g/mol. The second-order valence-corrected chi connectivity index (χ2v) is 6.23. The summed E-state index contributed by atoms with van der Waals surface area (Å²) in [5.74, 6) is 0.861. The minimum absolute atomic E-state index is 0.0941. The van der Waals surface area contributed by atoms with Gasteiger partial charge in [-0.3, -0.25) is 0 Å². The lowest BCUT2D eigenvalue weighted by molar-refractivity contribution is -0.914. The lowest BCUT2D eigenvalue weighted by Gasteiger charge is -2.32. The van der Waals surface area contributed by atoms with E-state index in [0.29, 0.717) is 5.58 Å². The van der Waals surface area contributed by atoms with Crippen LogP contribution in [0.4, 0.5) is 5.95 Å². The smallest absolute Gasteiger partial charge is 0.336 e. The van der Waals surface area contributed by atoms with Gasteiger partial charge in [0.1, 0.15) is 17.9 Å². The van der Waals surface area contributed by atoms with E-state index < -0.39 is 0 Å². The number of benzene rings is 1. The maximum Gasteiger partial charge on any atom is 0.336 e. The molecule has 0 amide bonds. The third-order valence-corrected chi connectivity index (χ3v) is 4.56. The Kier molecular flexibility index (Phi) is 4.07. The van der Waals surface area contributed by atoms with E-state index in [1.54, 1.807) is 30.6 Å². The van der Waals surface area contributed by atoms with Gasteiger partial charge in [-0.2, -0.15) is 0 Å². The third kappa shape index (κ3) is 3.32. The van der Waals surface area contributed by atoms with Crippen molar-refractivity contribution >= 4 is 16.9 Å². The lowest BCUT2D eigenvalue weighted by atomic mass is 10.1. The molecule has 7 heteroatoms. The number of fused-ring (bicyclic) bond motifs is 1. The molecule has 0 aliphatic carbocycles. The maximum atomic E-state index is 11.8. The van der Waals surface area contributed by atoms with Crippen molar-refractivity contribution in [2.45, 2.75) is 6.54 Å². The molecule has 1 aliphatic heterocycles. The van der Waals surface area contributed by atoms with Crippen molar-refractivity contribution in [3.63, 3.8) is 0 Å². The topological polar surface area (TPSA) is 83.9 Å². The van der Waals surface area contributed by atoms with E-state index in [1.165, 1.54) is 11.0 Å². The summed E-state index contributed by atoms with van der Waals surface area (Å²) in [4.78, 5) is 24.0. The Morgan fingerprint density at radius 1 is 1.16 bits per heavy atom.